The van der Waals surface area contributed by atoms with Crippen molar-refractivity contribution >= 4 is 12.2 Å². The maximum Gasteiger partial charge on any atom is 0.301 e. The number of carbonyl (C=O) groups is 1. The quantitative estimate of drug-likeness (QED) is 0.0463. The largest absolute Gasteiger partial charge is 0.547 e. The Hall–Kier alpha value is -1.64. The van der Waals surface area contributed by atoms with Gasteiger partial charge in [-0.15, -0.1) is 0 Å². The van der Waals surface area contributed by atoms with Gasteiger partial charge in [-0.05, 0) is 38.5 Å². The predicted molar refractivity (Wildman–Crippen MR) is 171 cm³/mol. The molecule has 0 bridgehead atoms. The van der Waals surface area contributed by atoms with Gasteiger partial charge < -0.3 is 69.5 Å². The van der Waals surface area contributed by atoms with Crippen molar-refractivity contribution in [1.82, 2.24) is 0 Å². The number of nitrogens with two attached hydrogens (primary N) is 1. The number of rotatable bonds is 12. The SMILES string of the molecule is C[NH2+]CCOC1CCC(C2CC(O)C3C(CC(OC4OC(C(=O)[O-])C(O)(C[C+]5C=N[CH+][N-]5)C(O)C4O)C(OC4(O)CCCCC4)C3O)[OH+]2)CC1. The molecule has 12 unspecified atom stereocenters. The van der Waals surface area contributed by atoms with Gasteiger partial charge in [0, 0.05) is 31.6 Å². The minimum atomic E-state index is -2.54. The lowest BCUT2D eigenvalue weighted by molar-refractivity contribution is -0.629. The fourth-order valence-corrected chi connectivity index (χ4v) is 8.93. The van der Waals surface area contributed by atoms with Crippen LogP contribution in [0.5, 0.6) is 0 Å². The number of carboxylic acids is 1. The normalized spacial score (nSPS) is 44.8. The molecule has 50 heavy (non-hydrogen) atoms. The second-order valence-corrected chi connectivity index (χ2v) is 15.1. The Kier molecular flexibility index (Phi) is 12.3. The number of nitrogens with zero attached hydrogens (tertiary/aromatic N) is 2. The van der Waals surface area contributed by atoms with Crippen molar-refractivity contribution in [2.45, 2.75) is 156 Å². The molecule has 6 rings (SSSR count). The maximum atomic E-state index is 12.3. The van der Waals surface area contributed by atoms with Gasteiger partial charge in [-0.3, -0.25) is 5.32 Å². The Morgan fingerprint density at radius 3 is 2.50 bits per heavy atom. The van der Waals surface area contributed by atoms with Crippen molar-refractivity contribution in [1.29, 1.82) is 0 Å². The molecule has 0 spiro atoms. The summed E-state index contributed by atoms with van der Waals surface area (Å²) in [6, 6.07) is 0.159. The lowest BCUT2D eigenvalue weighted by atomic mass is 9.71. The van der Waals surface area contributed by atoms with Gasteiger partial charge in [-0.25, -0.2) is 0 Å². The van der Waals surface area contributed by atoms with Gasteiger partial charge in [0.15, 0.2) is 35.9 Å². The molecule has 0 amide bonds. The molecule has 12 atom stereocenters. The van der Waals surface area contributed by atoms with Gasteiger partial charge in [0.25, 0.3) is 0 Å². The van der Waals surface area contributed by atoms with Crippen LogP contribution in [0.15, 0.2) is 4.99 Å². The number of hydrogen-bond donors (Lipinski definition) is 7. The third kappa shape index (κ3) is 8.12. The summed E-state index contributed by atoms with van der Waals surface area (Å²) >= 11 is 0. The first kappa shape index (κ1) is 38.1. The summed E-state index contributed by atoms with van der Waals surface area (Å²) in [6.07, 6.45) is -5.33. The number of aliphatic imine (C=N–C) groups is 1. The highest BCUT2D eigenvalue weighted by Crippen LogP contribution is 2.45. The van der Waals surface area contributed by atoms with E-state index in [0.717, 1.165) is 38.6 Å². The zero-order chi connectivity index (χ0) is 35.6. The highest BCUT2D eigenvalue weighted by molar-refractivity contribution is 5.82. The third-order valence-corrected chi connectivity index (χ3v) is 11.7. The molecule has 16 heteroatoms. The van der Waals surface area contributed by atoms with Gasteiger partial charge in [0.1, 0.15) is 30.8 Å². The Bertz CT molecular complexity index is 1150. The van der Waals surface area contributed by atoms with E-state index in [4.69, 9.17) is 23.7 Å². The number of aliphatic hydroxyl groups excluding tert-OH is 4. The molecular weight excluding hydrogens is 658 g/mol. The summed E-state index contributed by atoms with van der Waals surface area (Å²) in [5, 5.41) is 86.7. The molecule has 2 saturated heterocycles. The summed E-state index contributed by atoms with van der Waals surface area (Å²) in [4.78, 5) is 16.1. The molecule has 3 saturated carbocycles. The molecule has 6 aliphatic rings. The number of aliphatic hydroxyl groups is 8. The van der Waals surface area contributed by atoms with Crippen LogP contribution in [-0.2, 0) is 23.7 Å². The molecule has 9 N–H and O–H groups in total. The average Bonchev–Trinajstić information content (AvgIpc) is 3.60. The third-order valence-electron chi connectivity index (χ3n) is 11.7. The summed E-state index contributed by atoms with van der Waals surface area (Å²) in [5.74, 6) is -3.92. The molecule has 282 valence electrons. The number of hydrogen-bond acceptors (Lipinski definition) is 13. The first-order valence-electron chi connectivity index (χ1n) is 18.3. The Balaban J connectivity index is 1.19. The van der Waals surface area contributed by atoms with Gasteiger partial charge in [-0.2, -0.15) is 0 Å². The predicted octanol–water partition coefficient (Wildman–Crippen LogP) is -2.98. The monoisotopic (exact) mass is 713 g/mol. The lowest BCUT2D eigenvalue weighted by Crippen LogP contribution is -2.80. The fourth-order valence-electron chi connectivity index (χ4n) is 8.93. The first-order valence-corrected chi connectivity index (χ1v) is 18.3. The van der Waals surface area contributed by atoms with Crippen LogP contribution in [-0.4, -0.2) is 146 Å². The summed E-state index contributed by atoms with van der Waals surface area (Å²) in [6.45, 7) is 2.79. The number of carboxylic acid groups (broad SMARTS) is 1. The van der Waals surface area contributed by atoms with Gasteiger partial charge in [0.05, 0.1) is 63.2 Å². The Labute approximate surface area is 292 Å². The van der Waals surface area contributed by atoms with Crippen molar-refractivity contribution in [3.05, 3.63) is 18.0 Å². The summed E-state index contributed by atoms with van der Waals surface area (Å²) in [7, 11) is 2.01. The van der Waals surface area contributed by atoms with Crippen molar-refractivity contribution in [2.75, 3.05) is 20.2 Å². The Morgan fingerprint density at radius 2 is 1.84 bits per heavy atom. The van der Waals surface area contributed by atoms with Gasteiger partial charge >= 0.3 is 6.21 Å². The molecule has 0 aromatic rings. The smallest absolute Gasteiger partial charge is 0.301 e. The number of quaternary nitrogens is 1. The summed E-state index contributed by atoms with van der Waals surface area (Å²) in [5.41, 5.74) is -2.54. The standard InChI is InChI=1S/C34H53N3O13/c1-35-11-12-46-20-7-5-18(6-8-20)22-13-21(38)25-23(47-22)14-24(28(26(25)39)50-33(44)9-3-2-4-10-33)48-32-27(40)29(41)34(45,30(49-32)31(42)43)15-19-16-36-17-37-19/h16-18,20-30,32,35,38-41,44-45H,2-15H2,1H3/p+2. The van der Waals surface area contributed by atoms with Crippen molar-refractivity contribution in [3.63, 3.8) is 0 Å². The van der Waals surface area contributed by atoms with Crippen LogP contribution in [0.4, 0.5) is 0 Å². The van der Waals surface area contributed by atoms with E-state index in [9.17, 15) is 40.5 Å². The minimum Gasteiger partial charge on any atom is -0.547 e. The van der Waals surface area contributed by atoms with Crippen LogP contribution in [0.25, 0.3) is 5.32 Å². The lowest BCUT2D eigenvalue weighted by Gasteiger charge is -2.52. The van der Waals surface area contributed by atoms with E-state index in [0.29, 0.717) is 38.7 Å². The molecular formula is C34H55N3O13+2. The molecule has 3 aliphatic heterocycles. The van der Waals surface area contributed by atoms with Gasteiger partial charge in [-0.1, -0.05) is 11.4 Å². The highest BCUT2D eigenvalue weighted by atomic mass is 16.7. The van der Waals surface area contributed by atoms with Crippen molar-refractivity contribution < 1.29 is 69.5 Å². The molecule has 5 fully saturated rings. The van der Waals surface area contributed by atoms with E-state index in [1.165, 1.54) is 12.9 Å². The summed E-state index contributed by atoms with van der Waals surface area (Å²) < 4.78 is 29.2. The van der Waals surface area contributed by atoms with Gasteiger partial charge in [0.2, 0.25) is 0 Å². The first-order chi connectivity index (χ1) is 23.9. The van der Waals surface area contributed by atoms with Crippen LogP contribution >= 0.6 is 0 Å². The molecule has 3 heterocycles. The highest BCUT2D eigenvalue weighted by Gasteiger charge is 2.62. The second-order valence-electron chi connectivity index (χ2n) is 15.1. The number of ether oxygens (including phenoxy) is 5. The van der Waals surface area contributed by atoms with Crippen LogP contribution < -0.4 is 10.4 Å². The zero-order valence-electron chi connectivity index (χ0n) is 28.6. The molecule has 0 aromatic heterocycles. The molecule has 16 nitrogen and oxygen atoms in total. The molecule has 0 radical (unpaired) electrons. The van der Waals surface area contributed by atoms with E-state index in [2.05, 4.69) is 15.6 Å². The van der Waals surface area contributed by atoms with Crippen LogP contribution in [0, 0.1) is 24.5 Å². The van der Waals surface area contributed by atoms with E-state index >= 15 is 0 Å². The van der Waals surface area contributed by atoms with Crippen molar-refractivity contribution in [3.8, 4) is 0 Å². The second kappa shape index (κ2) is 16.2. The maximum absolute atomic E-state index is 12.3. The van der Waals surface area contributed by atoms with Crippen LogP contribution in [0.1, 0.15) is 77.0 Å². The number of carbonyl (C=O) groups excluding carboxylic acids is 1. The molecule has 0 aromatic carbocycles. The minimum absolute atomic E-state index is 0.0913. The molecule has 3 aliphatic carbocycles. The fraction of sp³-hybridized carbons (Fsp3) is 0.882. The zero-order valence-corrected chi connectivity index (χ0v) is 28.6. The van der Waals surface area contributed by atoms with Crippen molar-refractivity contribution in [2.24, 2.45) is 16.8 Å². The van der Waals surface area contributed by atoms with Crippen LogP contribution in [0.2, 0.25) is 0 Å². The number of fused-ring (bicyclic) bond motifs is 1. The number of aliphatic carboxylic acids is 1. The Morgan fingerprint density at radius 1 is 1.10 bits per heavy atom. The van der Waals surface area contributed by atoms with Crippen LogP contribution in [0.3, 0.4) is 0 Å². The topological polar surface area (TPSA) is 254 Å². The van der Waals surface area contributed by atoms with E-state index in [1.807, 2.05) is 7.05 Å². The average molecular weight is 714 g/mol. The van der Waals surface area contributed by atoms with E-state index in [1.54, 1.807) is 0 Å². The number of likely N-dealkylation sites (N-methyl/N-ethyl adjacent to an activating group) is 1. The van der Waals surface area contributed by atoms with E-state index in [-0.39, 0.29) is 30.6 Å². The van der Waals surface area contributed by atoms with E-state index < -0.39 is 84.8 Å².